The molecule has 3 fully saturated rings. The zero-order valence-corrected chi connectivity index (χ0v) is 14.1. The maximum absolute atomic E-state index is 13.4. The maximum atomic E-state index is 13.4. The smallest absolute Gasteiger partial charge is 0.254 e. The Morgan fingerprint density at radius 2 is 1.92 bits per heavy atom. The first-order valence-electron chi connectivity index (χ1n) is 9.45. The van der Waals surface area contributed by atoms with E-state index in [1.807, 2.05) is 30.3 Å². The van der Waals surface area contributed by atoms with Crippen LogP contribution in [0.15, 0.2) is 42.5 Å². The van der Waals surface area contributed by atoms with Crippen LogP contribution in [0.25, 0.3) is 0 Å². The summed E-state index contributed by atoms with van der Waals surface area (Å²) in [5.41, 5.74) is 0.662. The summed E-state index contributed by atoms with van der Waals surface area (Å²) in [5.74, 6) is 0.781. The van der Waals surface area contributed by atoms with Gasteiger partial charge in [0, 0.05) is 11.1 Å². The van der Waals surface area contributed by atoms with Crippen LogP contribution in [-0.4, -0.2) is 34.6 Å². The molecule has 1 saturated carbocycles. The molecule has 3 aliphatic heterocycles. The van der Waals surface area contributed by atoms with Gasteiger partial charge in [-0.15, -0.1) is 0 Å². The third kappa shape index (κ3) is 2.03. The lowest BCUT2D eigenvalue weighted by Gasteiger charge is -2.56. The summed E-state index contributed by atoms with van der Waals surface area (Å²) in [6.07, 6.45) is 13.1. The van der Waals surface area contributed by atoms with Crippen LogP contribution < -0.4 is 0 Å². The number of hydrogen-bond donors (Lipinski definition) is 0. The van der Waals surface area contributed by atoms with Gasteiger partial charge in [0.1, 0.15) is 5.60 Å². The molecule has 1 aliphatic carbocycles. The van der Waals surface area contributed by atoms with E-state index in [2.05, 4.69) is 17.1 Å². The molecule has 0 radical (unpaired) electrons. The van der Waals surface area contributed by atoms with Crippen LogP contribution in [0.4, 0.5) is 0 Å². The highest BCUT2D eigenvalue weighted by molar-refractivity contribution is 5.95. The van der Waals surface area contributed by atoms with E-state index < -0.39 is 0 Å². The predicted octanol–water partition coefficient (Wildman–Crippen LogP) is 3.95. The number of fused-ring (bicyclic) bond motifs is 1. The van der Waals surface area contributed by atoms with Crippen molar-refractivity contribution in [2.75, 3.05) is 6.54 Å². The summed E-state index contributed by atoms with van der Waals surface area (Å²) in [6, 6.07) is 9.80. The van der Waals surface area contributed by atoms with Crippen LogP contribution in [0, 0.1) is 5.92 Å². The van der Waals surface area contributed by atoms with E-state index in [-0.39, 0.29) is 23.2 Å². The Bertz CT molecular complexity index is 676. The van der Waals surface area contributed by atoms with Gasteiger partial charge in [-0.1, -0.05) is 49.6 Å². The molecule has 5 rings (SSSR count). The molecular formula is C21H25NO2. The van der Waals surface area contributed by atoms with Crippen molar-refractivity contribution in [1.29, 1.82) is 0 Å². The Morgan fingerprint density at radius 1 is 1.12 bits per heavy atom. The molecule has 1 amide bonds. The van der Waals surface area contributed by atoms with Crippen molar-refractivity contribution < 1.29 is 9.53 Å². The van der Waals surface area contributed by atoms with Crippen LogP contribution in [0.2, 0.25) is 0 Å². The standard InChI is InChI=1S/C21H25NO2/c23-19(16-7-3-1-4-8-16)22-15-21-12-9-18(24-21)13-17(21)14-20(22)10-5-2-6-11-20/h1,3-4,7-9,12,17-18H,2,5-6,10-11,13-15H2/t17-,18+,21+/m1/s1. The molecular weight excluding hydrogens is 298 g/mol. The van der Waals surface area contributed by atoms with E-state index >= 15 is 0 Å². The van der Waals surface area contributed by atoms with Crippen molar-refractivity contribution in [3.63, 3.8) is 0 Å². The number of piperidine rings is 1. The molecule has 2 bridgehead atoms. The van der Waals surface area contributed by atoms with E-state index in [0.717, 1.165) is 37.8 Å². The number of carbonyl (C=O) groups excluding carboxylic acids is 1. The molecule has 3 nitrogen and oxygen atoms in total. The van der Waals surface area contributed by atoms with E-state index in [0.29, 0.717) is 5.92 Å². The topological polar surface area (TPSA) is 29.5 Å². The maximum Gasteiger partial charge on any atom is 0.254 e. The van der Waals surface area contributed by atoms with E-state index in [1.165, 1.54) is 19.3 Å². The third-order valence-corrected chi connectivity index (χ3v) is 6.83. The van der Waals surface area contributed by atoms with Crippen molar-refractivity contribution >= 4 is 5.91 Å². The molecule has 3 heteroatoms. The molecule has 1 aromatic rings. The van der Waals surface area contributed by atoms with Crippen LogP contribution in [0.5, 0.6) is 0 Å². The van der Waals surface area contributed by atoms with Gasteiger partial charge in [0.15, 0.2) is 0 Å². The van der Waals surface area contributed by atoms with Gasteiger partial charge in [0.25, 0.3) is 5.91 Å². The quantitative estimate of drug-likeness (QED) is 0.732. The first-order valence-corrected chi connectivity index (χ1v) is 9.45. The van der Waals surface area contributed by atoms with Gasteiger partial charge in [-0.25, -0.2) is 0 Å². The summed E-state index contributed by atoms with van der Waals surface area (Å²) in [6.45, 7) is 0.735. The molecule has 3 heterocycles. The van der Waals surface area contributed by atoms with Crippen molar-refractivity contribution in [3.05, 3.63) is 48.0 Å². The fraction of sp³-hybridized carbons (Fsp3) is 0.571. The zero-order valence-electron chi connectivity index (χ0n) is 14.1. The molecule has 4 aliphatic rings. The lowest BCUT2D eigenvalue weighted by molar-refractivity contribution is -0.0854. The van der Waals surface area contributed by atoms with Gasteiger partial charge < -0.3 is 9.64 Å². The SMILES string of the molecule is O=C(c1ccccc1)N1C[C@@]23C=C[C@@H](C[C@@H]2CC12CCCCC2)O3. The number of likely N-dealkylation sites (tertiary alicyclic amines) is 1. The van der Waals surface area contributed by atoms with Gasteiger partial charge in [0.05, 0.1) is 12.6 Å². The van der Waals surface area contributed by atoms with Crippen molar-refractivity contribution in [1.82, 2.24) is 4.90 Å². The first kappa shape index (κ1) is 14.7. The number of carbonyl (C=O) groups is 1. The lowest BCUT2D eigenvalue weighted by atomic mass is 9.65. The molecule has 2 spiro atoms. The minimum atomic E-state index is -0.211. The number of amides is 1. The highest BCUT2D eigenvalue weighted by Gasteiger charge is 2.60. The Balaban J connectivity index is 1.53. The van der Waals surface area contributed by atoms with Crippen LogP contribution >= 0.6 is 0 Å². The summed E-state index contributed by atoms with van der Waals surface area (Å²) >= 11 is 0. The Labute approximate surface area is 143 Å². The number of ether oxygens (including phenoxy) is 1. The molecule has 2 saturated heterocycles. The van der Waals surface area contributed by atoms with E-state index in [4.69, 9.17) is 4.74 Å². The largest absolute Gasteiger partial charge is 0.361 e. The minimum Gasteiger partial charge on any atom is -0.361 e. The predicted molar refractivity (Wildman–Crippen MR) is 92.8 cm³/mol. The van der Waals surface area contributed by atoms with Crippen molar-refractivity contribution in [2.45, 2.75) is 62.2 Å². The Hall–Kier alpha value is -1.61. The molecule has 126 valence electrons. The molecule has 3 atom stereocenters. The molecule has 1 aromatic carbocycles. The van der Waals surface area contributed by atoms with Crippen LogP contribution in [0.3, 0.4) is 0 Å². The molecule has 0 N–H and O–H groups in total. The number of rotatable bonds is 1. The zero-order chi connectivity index (χ0) is 16.2. The highest BCUT2D eigenvalue weighted by Crippen LogP contribution is 2.54. The summed E-state index contributed by atoms with van der Waals surface area (Å²) < 4.78 is 6.31. The van der Waals surface area contributed by atoms with E-state index in [1.54, 1.807) is 0 Å². The van der Waals surface area contributed by atoms with Crippen molar-refractivity contribution in [2.24, 2.45) is 5.92 Å². The second kappa shape index (κ2) is 5.19. The molecule has 24 heavy (non-hydrogen) atoms. The van der Waals surface area contributed by atoms with Crippen LogP contribution in [-0.2, 0) is 4.74 Å². The second-order valence-corrected chi connectivity index (χ2v) is 8.15. The average molecular weight is 323 g/mol. The van der Waals surface area contributed by atoms with Crippen molar-refractivity contribution in [3.8, 4) is 0 Å². The summed E-state index contributed by atoms with van der Waals surface area (Å²) in [4.78, 5) is 15.6. The van der Waals surface area contributed by atoms with Gasteiger partial charge in [0.2, 0.25) is 0 Å². The summed E-state index contributed by atoms with van der Waals surface area (Å²) in [7, 11) is 0. The number of nitrogens with zero attached hydrogens (tertiary/aromatic N) is 1. The molecule has 0 aromatic heterocycles. The fourth-order valence-corrected chi connectivity index (χ4v) is 5.64. The number of hydrogen-bond acceptors (Lipinski definition) is 2. The van der Waals surface area contributed by atoms with Gasteiger partial charge in [-0.3, -0.25) is 4.79 Å². The van der Waals surface area contributed by atoms with Gasteiger partial charge in [-0.05, 0) is 43.7 Å². The van der Waals surface area contributed by atoms with Crippen LogP contribution in [0.1, 0.15) is 55.3 Å². The first-order chi connectivity index (χ1) is 11.7. The Kier molecular flexibility index (Phi) is 3.18. The summed E-state index contributed by atoms with van der Waals surface area (Å²) in [5, 5.41) is 0. The van der Waals surface area contributed by atoms with E-state index in [9.17, 15) is 4.79 Å². The van der Waals surface area contributed by atoms with Gasteiger partial charge in [-0.2, -0.15) is 0 Å². The Morgan fingerprint density at radius 3 is 2.67 bits per heavy atom. The van der Waals surface area contributed by atoms with Gasteiger partial charge >= 0.3 is 0 Å². The normalized spacial score (nSPS) is 36.1. The highest BCUT2D eigenvalue weighted by atomic mass is 16.5. The second-order valence-electron chi connectivity index (χ2n) is 8.15. The third-order valence-electron chi connectivity index (χ3n) is 6.83. The lowest BCUT2D eigenvalue weighted by Crippen LogP contribution is -2.64. The number of benzene rings is 1. The molecule has 0 unspecified atom stereocenters. The minimum absolute atomic E-state index is 0.0583. The monoisotopic (exact) mass is 323 g/mol. The average Bonchev–Trinajstić information content (AvgIpc) is 3.19. The fourth-order valence-electron chi connectivity index (χ4n) is 5.64.